The molecule has 0 bridgehead atoms. The quantitative estimate of drug-likeness (QED) is 0.774. The van der Waals surface area contributed by atoms with E-state index < -0.39 is 0 Å². The van der Waals surface area contributed by atoms with Crippen LogP contribution in [0.15, 0.2) is 18.2 Å². The Morgan fingerprint density at radius 3 is 2.14 bits per heavy atom. The zero-order valence-corrected chi connectivity index (χ0v) is 14.1. The summed E-state index contributed by atoms with van der Waals surface area (Å²) in [7, 11) is 0. The van der Waals surface area contributed by atoms with Crippen LogP contribution in [0.5, 0.6) is 0 Å². The summed E-state index contributed by atoms with van der Waals surface area (Å²) in [6, 6.07) is 7.19. The second kappa shape index (κ2) is 7.42. The molecule has 1 aliphatic rings. The second-order valence-electron chi connectivity index (χ2n) is 7.18. The van der Waals surface area contributed by atoms with Gasteiger partial charge in [-0.2, -0.15) is 0 Å². The van der Waals surface area contributed by atoms with Crippen LogP contribution < -0.4 is 0 Å². The van der Waals surface area contributed by atoms with Crippen LogP contribution in [-0.4, -0.2) is 29.1 Å². The van der Waals surface area contributed by atoms with Gasteiger partial charge in [0.1, 0.15) is 0 Å². The fraction of sp³-hybridized carbons (Fsp3) is 0.684. The first-order valence-corrected chi connectivity index (χ1v) is 8.46. The highest BCUT2D eigenvalue weighted by atomic mass is 16.3. The molecule has 118 valence electrons. The number of nitrogens with zero attached hydrogens (tertiary/aromatic N) is 1. The van der Waals surface area contributed by atoms with Crippen molar-refractivity contribution in [2.45, 2.75) is 65.5 Å². The molecule has 1 N–H and O–H groups in total. The first kappa shape index (κ1) is 16.5. The minimum absolute atomic E-state index is 0.330. The summed E-state index contributed by atoms with van der Waals surface area (Å²) >= 11 is 0. The molecule has 2 heteroatoms. The lowest BCUT2D eigenvalue weighted by atomic mass is 10.0. The number of hydrogen-bond acceptors (Lipinski definition) is 2. The average molecular weight is 289 g/mol. The highest BCUT2D eigenvalue weighted by molar-refractivity contribution is 5.29. The molecule has 0 aliphatic heterocycles. The Morgan fingerprint density at radius 2 is 1.62 bits per heavy atom. The molecule has 1 atom stereocenters. The first-order valence-electron chi connectivity index (χ1n) is 8.46. The van der Waals surface area contributed by atoms with Gasteiger partial charge in [-0.05, 0) is 57.6 Å². The summed E-state index contributed by atoms with van der Waals surface area (Å²) in [6.45, 7) is 11.0. The maximum atomic E-state index is 10.5. The third-order valence-corrected chi connectivity index (χ3v) is 4.38. The van der Waals surface area contributed by atoms with Crippen molar-refractivity contribution in [1.29, 1.82) is 0 Å². The first-order chi connectivity index (χ1) is 9.95. The van der Waals surface area contributed by atoms with Gasteiger partial charge < -0.3 is 10.0 Å². The lowest BCUT2D eigenvalue weighted by molar-refractivity contribution is 0.137. The third kappa shape index (κ3) is 5.44. The summed E-state index contributed by atoms with van der Waals surface area (Å²) in [5.74, 6) is 0.760. The fourth-order valence-electron chi connectivity index (χ4n) is 3.00. The molecule has 0 saturated heterocycles. The van der Waals surface area contributed by atoms with Crippen molar-refractivity contribution >= 4 is 0 Å². The third-order valence-electron chi connectivity index (χ3n) is 4.38. The van der Waals surface area contributed by atoms with Gasteiger partial charge in [0.05, 0.1) is 6.10 Å². The van der Waals surface area contributed by atoms with Crippen molar-refractivity contribution in [2.24, 2.45) is 5.92 Å². The highest BCUT2D eigenvalue weighted by Crippen LogP contribution is 2.29. The molecule has 2 rings (SSSR count). The second-order valence-corrected chi connectivity index (χ2v) is 7.18. The van der Waals surface area contributed by atoms with Crippen molar-refractivity contribution in [3.05, 3.63) is 34.9 Å². The zero-order chi connectivity index (χ0) is 15.4. The Hall–Kier alpha value is -0.860. The maximum absolute atomic E-state index is 10.5. The molecule has 2 nitrogen and oxygen atoms in total. The van der Waals surface area contributed by atoms with E-state index in [9.17, 15) is 5.11 Å². The number of aliphatic hydroxyl groups is 1. The van der Waals surface area contributed by atoms with Gasteiger partial charge in [0, 0.05) is 12.6 Å². The fourth-order valence-corrected chi connectivity index (χ4v) is 3.00. The van der Waals surface area contributed by atoms with Gasteiger partial charge in [0.15, 0.2) is 0 Å². The van der Waals surface area contributed by atoms with Crippen molar-refractivity contribution < 1.29 is 5.11 Å². The van der Waals surface area contributed by atoms with Gasteiger partial charge in [-0.3, -0.25) is 0 Å². The molecule has 1 aliphatic carbocycles. The van der Waals surface area contributed by atoms with Gasteiger partial charge in [0.25, 0.3) is 0 Å². The molecule has 1 aromatic carbocycles. The molecular formula is C19H31NO. The molecular weight excluding hydrogens is 258 g/mol. The van der Waals surface area contributed by atoms with E-state index >= 15 is 0 Å². The normalized spacial score (nSPS) is 16.7. The van der Waals surface area contributed by atoms with Crippen LogP contribution in [-0.2, 0) is 0 Å². The minimum Gasteiger partial charge on any atom is -0.388 e. The molecule has 0 radical (unpaired) electrons. The Morgan fingerprint density at radius 1 is 1.05 bits per heavy atom. The highest BCUT2D eigenvalue weighted by Gasteiger charge is 2.28. The van der Waals surface area contributed by atoms with E-state index in [1.54, 1.807) is 0 Å². The van der Waals surface area contributed by atoms with Crippen LogP contribution in [0.1, 0.15) is 62.3 Å². The van der Waals surface area contributed by atoms with E-state index in [2.05, 4.69) is 50.8 Å². The Kier molecular flexibility index (Phi) is 5.83. The minimum atomic E-state index is -0.330. The number of hydrogen-bond donors (Lipinski definition) is 1. The molecule has 0 spiro atoms. The van der Waals surface area contributed by atoms with E-state index in [1.165, 1.54) is 36.9 Å². The van der Waals surface area contributed by atoms with Crippen LogP contribution in [0.2, 0.25) is 0 Å². The summed E-state index contributed by atoms with van der Waals surface area (Å²) < 4.78 is 0. The Labute approximate surface area is 130 Å². The molecule has 1 aromatic rings. The van der Waals surface area contributed by atoms with Crippen molar-refractivity contribution in [3.63, 3.8) is 0 Å². The van der Waals surface area contributed by atoms with Crippen LogP contribution >= 0.6 is 0 Å². The van der Waals surface area contributed by atoms with E-state index in [-0.39, 0.29) is 6.10 Å². The van der Waals surface area contributed by atoms with Crippen LogP contribution in [0, 0.1) is 19.8 Å². The molecule has 0 heterocycles. The van der Waals surface area contributed by atoms with E-state index in [0.29, 0.717) is 0 Å². The monoisotopic (exact) mass is 289 g/mol. The van der Waals surface area contributed by atoms with Crippen molar-refractivity contribution in [2.75, 3.05) is 13.1 Å². The largest absolute Gasteiger partial charge is 0.388 e. The summed E-state index contributed by atoms with van der Waals surface area (Å²) in [6.07, 6.45) is 4.47. The molecule has 0 amide bonds. The van der Waals surface area contributed by atoms with Gasteiger partial charge in [-0.25, -0.2) is 0 Å². The molecule has 1 fully saturated rings. The Bertz CT molecular complexity index is 431. The van der Waals surface area contributed by atoms with Gasteiger partial charge >= 0.3 is 0 Å². The SMILES string of the molecule is Cc1cc(C)cc(C(O)CCN(CCC(C)C)C2CC2)c1. The van der Waals surface area contributed by atoms with Crippen molar-refractivity contribution in [3.8, 4) is 0 Å². The average Bonchev–Trinajstić information content (AvgIpc) is 3.21. The Balaban J connectivity index is 1.87. The van der Waals surface area contributed by atoms with E-state index in [0.717, 1.165) is 30.5 Å². The molecule has 1 unspecified atom stereocenters. The van der Waals surface area contributed by atoms with Crippen LogP contribution in [0.25, 0.3) is 0 Å². The van der Waals surface area contributed by atoms with Crippen molar-refractivity contribution in [1.82, 2.24) is 4.90 Å². The molecule has 0 aromatic heterocycles. The number of aryl methyl sites for hydroxylation is 2. The van der Waals surface area contributed by atoms with E-state index in [1.807, 2.05) is 0 Å². The predicted octanol–water partition coefficient (Wildman–Crippen LogP) is 4.24. The van der Waals surface area contributed by atoms with Gasteiger partial charge in [-0.15, -0.1) is 0 Å². The topological polar surface area (TPSA) is 23.5 Å². The standard InChI is InChI=1S/C19H31NO/c1-14(2)7-9-20(18-5-6-18)10-8-19(21)17-12-15(3)11-16(4)13-17/h11-14,18-19,21H,5-10H2,1-4H3. The summed E-state index contributed by atoms with van der Waals surface area (Å²) in [4.78, 5) is 2.59. The smallest absolute Gasteiger partial charge is 0.0802 e. The molecule has 1 saturated carbocycles. The maximum Gasteiger partial charge on any atom is 0.0802 e. The molecule has 21 heavy (non-hydrogen) atoms. The summed E-state index contributed by atoms with van der Waals surface area (Å²) in [5, 5.41) is 10.5. The van der Waals surface area contributed by atoms with Gasteiger partial charge in [-0.1, -0.05) is 43.2 Å². The van der Waals surface area contributed by atoms with Crippen LogP contribution in [0.3, 0.4) is 0 Å². The lowest BCUT2D eigenvalue weighted by Gasteiger charge is -2.24. The van der Waals surface area contributed by atoms with Gasteiger partial charge in [0.2, 0.25) is 0 Å². The zero-order valence-electron chi connectivity index (χ0n) is 14.1. The number of benzene rings is 1. The number of rotatable bonds is 8. The van der Waals surface area contributed by atoms with E-state index in [4.69, 9.17) is 0 Å². The number of aliphatic hydroxyl groups excluding tert-OH is 1. The summed E-state index contributed by atoms with van der Waals surface area (Å²) in [5.41, 5.74) is 3.55. The lowest BCUT2D eigenvalue weighted by Crippen LogP contribution is -2.30. The predicted molar refractivity (Wildman–Crippen MR) is 89.5 cm³/mol. The van der Waals surface area contributed by atoms with Crippen LogP contribution in [0.4, 0.5) is 0 Å².